The first kappa shape index (κ1) is 20.3. The van der Waals surface area contributed by atoms with Gasteiger partial charge in [0.25, 0.3) is 0 Å². The van der Waals surface area contributed by atoms with Gasteiger partial charge in [0.2, 0.25) is 0 Å². The van der Waals surface area contributed by atoms with Gasteiger partial charge in [0.05, 0.1) is 6.61 Å². The Bertz CT molecular complexity index is 576. The fourth-order valence-electron chi connectivity index (χ4n) is 1.93. The third-order valence-corrected chi connectivity index (χ3v) is 3.11. The Hall–Kier alpha value is -1.72. The van der Waals surface area contributed by atoms with Gasteiger partial charge in [-0.3, -0.25) is 0 Å². The van der Waals surface area contributed by atoms with Crippen LogP contribution in [-0.2, 0) is 6.42 Å². The molecule has 0 unspecified atom stereocenters. The lowest BCUT2D eigenvalue weighted by Gasteiger charge is -2.20. The number of allylic oxidation sites excluding steroid dienone is 1. The number of ether oxygens (including phenoxy) is 1. The van der Waals surface area contributed by atoms with Crippen LogP contribution < -0.4 is 10.1 Å². The maximum atomic E-state index is 5.98. The summed E-state index contributed by atoms with van der Waals surface area (Å²) in [6, 6.07) is 8.31. The highest BCUT2D eigenvalue weighted by Crippen LogP contribution is 2.22. The lowest BCUT2D eigenvalue weighted by atomic mass is 9.98. The van der Waals surface area contributed by atoms with Crippen molar-refractivity contribution in [3.05, 3.63) is 42.0 Å². The van der Waals surface area contributed by atoms with E-state index < -0.39 is 0 Å². The van der Waals surface area contributed by atoms with Crippen molar-refractivity contribution in [1.82, 2.24) is 5.32 Å². The third kappa shape index (κ3) is 10.1. The van der Waals surface area contributed by atoms with Crippen molar-refractivity contribution in [2.45, 2.75) is 48.0 Å². The van der Waals surface area contributed by atoms with E-state index >= 15 is 0 Å². The molecule has 132 valence electrons. The van der Waals surface area contributed by atoms with Gasteiger partial charge in [-0.2, -0.15) is 0 Å². The molecule has 0 fully saturated rings. The molecule has 0 aromatic heterocycles. The highest BCUT2D eigenvalue weighted by atomic mass is 16.5. The molecule has 0 aliphatic heterocycles. The van der Waals surface area contributed by atoms with E-state index in [2.05, 4.69) is 83.0 Å². The van der Waals surface area contributed by atoms with E-state index in [0.29, 0.717) is 0 Å². The van der Waals surface area contributed by atoms with Crippen LogP contribution in [-0.4, -0.2) is 19.7 Å². The van der Waals surface area contributed by atoms with Crippen molar-refractivity contribution < 1.29 is 4.74 Å². The van der Waals surface area contributed by atoms with Crippen LogP contribution in [0.5, 0.6) is 5.75 Å². The highest BCUT2D eigenvalue weighted by molar-refractivity contribution is 5.33. The molecular formula is C22H33NO. The van der Waals surface area contributed by atoms with Gasteiger partial charge >= 0.3 is 0 Å². The van der Waals surface area contributed by atoms with E-state index in [1.54, 1.807) is 0 Å². The predicted octanol–water partition coefficient (Wildman–Crippen LogP) is 4.85. The first-order chi connectivity index (χ1) is 11.2. The Morgan fingerprint density at radius 3 is 2.46 bits per heavy atom. The van der Waals surface area contributed by atoms with Crippen LogP contribution in [0.2, 0.25) is 0 Å². The van der Waals surface area contributed by atoms with Crippen LogP contribution in [0, 0.1) is 22.7 Å². The fraction of sp³-hybridized carbons (Fsp3) is 0.545. The Kier molecular flexibility index (Phi) is 8.08. The molecule has 1 aromatic rings. The lowest BCUT2D eigenvalue weighted by Crippen LogP contribution is -2.19. The average Bonchev–Trinajstić information content (AvgIpc) is 2.47. The van der Waals surface area contributed by atoms with Gasteiger partial charge in [-0.15, -0.1) is 0 Å². The summed E-state index contributed by atoms with van der Waals surface area (Å²) in [6.45, 7) is 15.4. The number of rotatable bonds is 7. The molecule has 2 heteroatoms. The van der Waals surface area contributed by atoms with Crippen LogP contribution in [0.1, 0.15) is 47.1 Å². The van der Waals surface area contributed by atoms with Crippen molar-refractivity contribution in [1.29, 1.82) is 0 Å². The molecule has 0 atom stereocenters. The molecule has 0 bridgehead atoms. The molecule has 1 rings (SSSR count). The minimum atomic E-state index is 0.0640. The topological polar surface area (TPSA) is 21.3 Å². The van der Waals surface area contributed by atoms with Crippen LogP contribution in [0.4, 0.5) is 0 Å². The molecule has 0 radical (unpaired) electrons. The molecule has 0 spiro atoms. The normalized spacial score (nSPS) is 12.1. The summed E-state index contributed by atoms with van der Waals surface area (Å²) in [5.41, 5.74) is 1.49. The smallest absolute Gasteiger partial charge is 0.122 e. The zero-order valence-corrected chi connectivity index (χ0v) is 16.2. The third-order valence-electron chi connectivity index (χ3n) is 3.11. The van der Waals surface area contributed by atoms with E-state index in [0.717, 1.165) is 31.9 Å². The molecule has 24 heavy (non-hydrogen) atoms. The second-order valence-electron chi connectivity index (χ2n) is 8.33. The van der Waals surface area contributed by atoms with E-state index in [1.807, 2.05) is 12.1 Å². The van der Waals surface area contributed by atoms with Crippen molar-refractivity contribution in [2.75, 3.05) is 19.7 Å². The summed E-state index contributed by atoms with van der Waals surface area (Å²) in [7, 11) is 0. The van der Waals surface area contributed by atoms with Crippen molar-refractivity contribution in [3.63, 3.8) is 0 Å². The Balaban J connectivity index is 2.37. The SMILES string of the molecule is CC(C)(C)C#C/C=C/CNCCc1ccccc1OCC(C)(C)C. The summed E-state index contributed by atoms with van der Waals surface area (Å²) in [5.74, 6) is 7.28. The van der Waals surface area contributed by atoms with Crippen LogP contribution in [0.3, 0.4) is 0 Å². The van der Waals surface area contributed by atoms with Gasteiger partial charge in [0.15, 0.2) is 0 Å². The lowest BCUT2D eigenvalue weighted by molar-refractivity contribution is 0.196. The second-order valence-corrected chi connectivity index (χ2v) is 8.33. The molecule has 0 heterocycles. The highest BCUT2D eigenvalue weighted by Gasteiger charge is 2.12. The van der Waals surface area contributed by atoms with E-state index in [1.165, 1.54) is 5.56 Å². The predicted molar refractivity (Wildman–Crippen MR) is 104 cm³/mol. The van der Waals surface area contributed by atoms with E-state index in [-0.39, 0.29) is 10.8 Å². The van der Waals surface area contributed by atoms with Crippen molar-refractivity contribution >= 4 is 0 Å². The van der Waals surface area contributed by atoms with Crippen LogP contribution in [0.25, 0.3) is 0 Å². The Morgan fingerprint density at radius 2 is 1.79 bits per heavy atom. The molecule has 0 saturated heterocycles. The number of hydrogen-bond acceptors (Lipinski definition) is 2. The first-order valence-electron chi connectivity index (χ1n) is 8.76. The van der Waals surface area contributed by atoms with Gasteiger partial charge in [-0.05, 0) is 56.9 Å². The quantitative estimate of drug-likeness (QED) is 0.571. The minimum absolute atomic E-state index is 0.0640. The Morgan fingerprint density at radius 1 is 1.08 bits per heavy atom. The molecule has 0 amide bonds. The molecule has 0 aliphatic rings. The van der Waals surface area contributed by atoms with Gasteiger partial charge < -0.3 is 10.1 Å². The molecule has 0 saturated carbocycles. The molecule has 2 nitrogen and oxygen atoms in total. The van der Waals surface area contributed by atoms with Crippen LogP contribution >= 0.6 is 0 Å². The standard InChI is InChI=1S/C22H33NO/c1-21(2,3)15-10-7-11-16-23-17-14-19-12-8-9-13-20(19)24-18-22(4,5)6/h7-9,11-13,23H,14,16-18H2,1-6H3/b11-7+. The van der Waals surface area contributed by atoms with Gasteiger partial charge in [-0.1, -0.05) is 56.9 Å². The zero-order chi connectivity index (χ0) is 18.1. The maximum Gasteiger partial charge on any atom is 0.122 e. The Labute approximate surface area is 148 Å². The molecule has 1 aromatic carbocycles. The zero-order valence-electron chi connectivity index (χ0n) is 16.2. The van der Waals surface area contributed by atoms with Crippen LogP contribution in [0.15, 0.2) is 36.4 Å². The summed E-state index contributed by atoms with van der Waals surface area (Å²) >= 11 is 0. The summed E-state index contributed by atoms with van der Waals surface area (Å²) < 4.78 is 5.98. The van der Waals surface area contributed by atoms with E-state index in [9.17, 15) is 0 Å². The second kappa shape index (κ2) is 9.55. The first-order valence-corrected chi connectivity index (χ1v) is 8.76. The average molecular weight is 328 g/mol. The minimum Gasteiger partial charge on any atom is -0.493 e. The number of para-hydroxylation sites is 1. The monoisotopic (exact) mass is 327 g/mol. The van der Waals surface area contributed by atoms with Gasteiger partial charge in [0.1, 0.15) is 5.75 Å². The molecule has 0 aliphatic carbocycles. The number of hydrogen-bond donors (Lipinski definition) is 1. The maximum absolute atomic E-state index is 5.98. The molecular weight excluding hydrogens is 294 g/mol. The summed E-state index contributed by atoms with van der Waals surface area (Å²) in [4.78, 5) is 0. The largest absolute Gasteiger partial charge is 0.493 e. The van der Waals surface area contributed by atoms with E-state index in [4.69, 9.17) is 4.74 Å². The fourth-order valence-corrected chi connectivity index (χ4v) is 1.93. The molecule has 1 N–H and O–H groups in total. The van der Waals surface area contributed by atoms with Gasteiger partial charge in [0, 0.05) is 12.0 Å². The number of nitrogens with one attached hydrogen (secondary N) is 1. The van der Waals surface area contributed by atoms with Crippen molar-refractivity contribution in [3.8, 4) is 17.6 Å². The van der Waals surface area contributed by atoms with Crippen molar-refractivity contribution in [2.24, 2.45) is 10.8 Å². The summed E-state index contributed by atoms with van der Waals surface area (Å²) in [6.07, 6.45) is 4.96. The number of benzene rings is 1. The summed E-state index contributed by atoms with van der Waals surface area (Å²) in [5, 5.41) is 3.42. The van der Waals surface area contributed by atoms with Gasteiger partial charge in [-0.25, -0.2) is 0 Å².